The number of anilines is 1. The number of benzene rings is 4. The number of nitrogens with one attached hydrogen (secondary N) is 2. The summed E-state index contributed by atoms with van der Waals surface area (Å²) in [6.45, 7) is 2.86. The molecule has 2 aromatic heterocycles. The van der Waals surface area contributed by atoms with Crippen LogP contribution in [0.3, 0.4) is 0 Å². The first kappa shape index (κ1) is 31.1. The Hall–Kier alpha value is -6.24. The molecule has 0 radical (unpaired) electrons. The number of hydrogen-bond acceptors (Lipinski definition) is 8. The predicted molar refractivity (Wildman–Crippen MR) is 186 cm³/mol. The van der Waals surface area contributed by atoms with Gasteiger partial charge in [-0.15, -0.1) is 10.2 Å². The summed E-state index contributed by atoms with van der Waals surface area (Å²) in [7, 11) is 0. The molecule has 2 saturated carbocycles. The van der Waals surface area contributed by atoms with E-state index in [0.29, 0.717) is 35.4 Å². The van der Waals surface area contributed by atoms with Gasteiger partial charge in [0.1, 0.15) is 16.9 Å². The number of nitrogens with zero attached hydrogens (tertiary/aromatic N) is 7. The van der Waals surface area contributed by atoms with Gasteiger partial charge in [-0.3, -0.25) is 24.4 Å². The summed E-state index contributed by atoms with van der Waals surface area (Å²) in [6.07, 6.45) is 6.12. The minimum absolute atomic E-state index is 0.128. The molecule has 250 valence electrons. The number of nitro benzene ring substituents is 1. The molecule has 2 aliphatic rings. The highest BCUT2D eigenvalue weighted by Gasteiger charge is 2.69. The van der Waals surface area contributed by atoms with Crippen LogP contribution in [-0.4, -0.2) is 53.3 Å². The van der Waals surface area contributed by atoms with Gasteiger partial charge in [0.2, 0.25) is 0 Å². The van der Waals surface area contributed by atoms with E-state index in [2.05, 4.69) is 31.3 Å². The van der Waals surface area contributed by atoms with E-state index < -0.39 is 4.92 Å². The Kier molecular flexibility index (Phi) is 7.47. The topological polar surface area (TPSA) is 163 Å². The summed E-state index contributed by atoms with van der Waals surface area (Å²) in [5, 5.41) is 35.2. The van der Waals surface area contributed by atoms with Crippen LogP contribution in [0.5, 0.6) is 0 Å². The number of rotatable bonds is 10. The van der Waals surface area contributed by atoms with E-state index >= 15 is 0 Å². The third kappa shape index (κ3) is 5.46. The molecule has 2 amide bonds. The lowest BCUT2D eigenvalue weighted by Gasteiger charge is -2.33. The molecule has 1 unspecified atom stereocenters. The van der Waals surface area contributed by atoms with Crippen LogP contribution in [0.2, 0.25) is 0 Å². The van der Waals surface area contributed by atoms with Crippen LogP contribution in [0.1, 0.15) is 52.0 Å². The van der Waals surface area contributed by atoms with Gasteiger partial charge < -0.3 is 10.6 Å². The molecule has 8 rings (SSSR count). The van der Waals surface area contributed by atoms with Crippen molar-refractivity contribution in [2.24, 2.45) is 10.8 Å². The van der Waals surface area contributed by atoms with E-state index in [4.69, 9.17) is 0 Å². The molecule has 2 N–H and O–H groups in total. The number of hydrogen-bond donors (Lipinski definition) is 2. The van der Waals surface area contributed by atoms with Gasteiger partial charge in [-0.25, -0.2) is 4.68 Å². The Labute approximate surface area is 286 Å². The lowest BCUT2D eigenvalue weighted by molar-refractivity contribution is -0.384. The number of carbonyl (C=O) groups excluding carboxylic acids is 2. The Morgan fingerprint density at radius 1 is 0.920 bits per heavy atom. The highest BCUT2D eigenvalue weighted by molar-refractivity contribution is 6.06. The first-order valence-corrected chi connectivity index (χ1v) is 16.5. The van der Waals surface area contributed by atoms with Crippen molar-refractivity contribution in [3.63, 3.8) is 0 Å². The first-order chi connectivity index (χ1) is 24.2. The lowest BCUT2D eigenvalue weighted by atomic mass is 9.75. The minimum atomic E-state index is -0.511. The summed E-state index contributed by atoms with van der Waals surface area (Å²) in [5.41, 5.74) is 4.87. The zero-order valence-electron chi connectivity index (χ0n) is 27.2. The summed E-state index contributed by atoms with van der Waals surface area (Å²) in [6, 6.07) is 26.6. The SMILES string of the molecule is Cc1ccc(-c2cn(CC3(CNC(=O)c4ccc(-n5nnc6ccccc65)c([N+](=O)[O-])c4)CC34CCC4)nn2)cc1C(=O)Nc1ccccc1. The number of fused-ring (bicyclic) bond motifs is 1. The fraction of sp³-hybridized carbons (Fsp3) is 0.243. The molecule has 50 heavy (non-hydrogen) atoms. The van der Waals surface area contributed by atoms with Gasteiger partial charge in [0.25, 0.3) is 17.5 Å². The van der Waals surface area contributed by atoms with Crippen LogP contribution in [0.25, 0.3) is 28.0 Å². The average Bonchev–Trinajstić information content (AvgIpc) is 3.35. The van der Waals surface area contributed by atoms with Crippen molar-refractivity contribution in [3.8, 4) is 16.9 Å². The highest BCUT2D eigenvalue weighted by atomic mass is 16.6. The van der Waals surface area contributed by atoms with Gasteiger partial charge in [-0.1, -0.05) is 59.3 Å². The van der Waals surface area contributed by atoms with Crippen LogP contribution in [0, 0.1) is 27.9 Å². The fourth-order valence-electron chi connectivity index (χ4n) is 7.40. The Morgan fingerprint density at radius 2 is 1.72 bits per heavy atom. The van der Waals surface area contributed by atoms with Crippen LogP contribution < -0.4 is 10.6 Å². The maximum Gasteiger partial charge on any atom is 0.295 e. The summed E-state index contributed by atoms with van der Waals surface area (Å²) in [5.74, 6) is -0.585. The van der Waals surface area contributed by atoms with Crippen molar-refractivity contribution in [1.29, 1.82) is 0 Å². The average molecular weight is 668 g/mol. The van der Waals surface area contributed by atoms with Gasteiger partial charge in [-0.05, 0) is 79.6 Å². The molecule has 1 atom stereocenters. The standard InChI is InChI=1S/C37H33N9O4/c1-24-12-13-25(18-28(24)35(48)39-27-8-3-2-4-9-27)30-20-44(42-41-30)23-37(21-36(37)16-7-17-36)22-38-34(47)26-14-15-32(33(19-26)46(49)50)45-31-11-6-5-10-29(31)40-43-45/h2-6,8-15,18-20H,7,16-17,21-23H2,1H3,(H,38,47)(H,39,48). The highest BCUT2D eigenvalue weighted by Crippen LogP contribution is 2.74. The van der Waals surface area contributed by atoms with Crippen LogP contribution >= 0.6 is 0 Å². The zero-order chi connectivity index (χ0) is 34.5. The minimum Gasteiger partial charge on any atom is -0.351 e. The van der Waals surface area contributed by atoms with E-state index in [1.165, 1.54) is 16.8 Å². The Morgan fingerprint density at radius 3 is 2.48 bits per heavy atom. The first-order valence-electron chi connectivity index (χ1n) is 16.5. The molecule has 0 saturated heterocycles. The molecule has 0 bridgehead atoms. The van der Waals surface area contributed by atoms with Crippen molar-refractivity contribution < 1.29 is 14.5 Å². The maximum absolute atomic E-state index is 13.5. The Bertz CT molecular complexity index is 2290. The second-order valence-corrected chi connectivity index (χ2v) is 13.4. The van der Waals surface area contributed by atoms with Crippen molar-refractivity contribution >= 4 is 34.2 Å². The molecule has 0 aliphatic heterocycles. The van der Waals surface area contributed by atoms with Crippen LogP contribution in [0.15, 0.2) is 97.2 Å². The molecule has 2 aliphatic carbocycles. The molecule has 4 aromatic carbocycles. The predicted octanol–water partition coefficient (Wildman–Crippen LogP) is 6.14. The van der Waals surface area contributed by atoms with Gasteiger partial charge in [0.15, 0.2) is 0 Å². The van der Waals surface area contributed by atoms with E-state index in [1.54, 1.807) is 18.2 Å². The second-order valence-electron chi connectivity index (χ2n) is 13.4. The van der Waals surface area contributed by atoms with Crippen molar-refractivity contribution in [1.82, 2.24) is 35.3 Å². The maximum atomic E-state index is 13.5. The Balaban J connectivity index is 0.987. The van der Waals surface area contributed by atoms with E-state index in [1.807, 2.05) is 78.5 Å². The smallest absolute Gasteiger partial charge is 0.295 e. The van der Waals surface area contributed by atoms with Crippen LogP contribution in [-0.2, 0) is 6.54 Å². The summed E-state index contributed by atoms with van der Waals surface area (Å²) >= 11 is 0. The normalized spacial score (nSPS) is 17.3. The second kappa shape index (κ2) is 12.0. The van der Waals surface area contributed by atoms with Gasteiger partial charge >= 0.3 is 0 Å². The number of amides is 2. The van der Waals surface area contributed by atoms with Crippen molar-refractivity contribution in [2.75, 3.05) is 11.9 Å². The molecular weight excluding hydrogens is 634 g/mol. The fourth-order valence-corrected chi connectivity index (χ4v) is 7.40. The molecule has 6 aromatic rings. The van der Waals surface area contributed by atoms with E-state index in [9.17, 15) is 19.7 Å². The molecule has 13 heteroatoms. The van der Waals surface area contributed by atoms with E-state index in [0.717, 1.165) is 42.5 Å². The number of aryl methyl sites for hydroxylation is 1. The zero-order valence-corrected chi connectivity index (χ0v) is 27.2. The van der Waals surface area contributed by atoms with Crippen molar-refractivity contribution in [3.05, 3.63) is 124 Å². The van der Waals surface area contributed by atoms with Gasteiger partial charge in [0, 0.05) is 40.4 Å². The van der Waals surface area contributed by atoms with Gasteiger partial charge in [-0.2, -0.15) is 0 Å². The molecule has 2 heterocycles. The largest absolute Gasteiger partial charge is 0.351 e. The third-order valence-corrected chi connectivity index (χ3v) is 10.4. The molecule has 13 nitrogen and oxygen atoms in total. The number of carbonyl (C=O) groups is 2. The molecular formula is C37H33N9O4. The number of nitro groups is 1. The molecule has 2 fully saturated rings. The molecule has 1 spiro atoms. The van der Waals surface area contributed by atoms with Gasteiger partial charge in [0.05, 0.1) is 23.2 Å². The van der Waals surface area contributed by atoms with Crippen LogP contribution in [0.4, 0.5) is 11.4 Å². The number of para-hydroxylation sites is 2. The number of aromatic nitrogens is 6. The van der Waals surface area contributed by atoms with Crippen molar-refractivity contribution in [2.45, 2.75) is 39.2 Å². The quantitative estimate of drug-likeness (QED) is 0.130. The van der Waals surface area contributed by atoms with E-state index in [-0.39, 0.29) is 39.6 Å². The third-order valence-electron chi connectivity index (χ3n) is 10.4. The lowest BCUT2D eigenvalue weighted by Crippen LogP contribution is -2.37. The summed E-state index contributed by atoms with van der Waals surface area (Å²) < 4.78 is 3.23. The summed E-state index contributed by atoms with van der Waals surface area (Å²) in [4.78, 5) is 38.2. The monoisotopic (exact) mass is 667 g/mol.